The van der Waals surface area contributed by atoms with Gasteiger partial charge in [-0.1, -0.05) is 195 Å². The van der Waals surface area contributed by atoms with Crippen molar-refractivity contribution >= 4 is 0 Å². The molecule has 1 unspecified atom stereocenters. The summed E-state index contributed by atoms with van der Waals surface area (Å²) in [6.45, 7) is 37.4. The molecule has 0 saturated carbocycles. The van der Waals surface area contributed by atoms with E-state index in [1.54, 1.807) is 0 Å². The highest BCUT2D eigenvalue weighted by molar-refractivity contribution is 4.58. The van der Waals surface area contributed by atoms with Crippen LogP contribution in [0.25, 0.3) is 0 Å². The number of hydrogen-bond acceptors (Lipinski definition) is 0. The lowest BCUT2D eigenvalue weighted by atomic mass is 10.1. The first-order valence-corrected chi connectivity index (χ1v) is 18.3. The molecule has 0 spiro atoms. The summed E-state index contributed by atoms with van der Waals surface area (Å²) in [7, 11) is 0. The van der Waals surface area contributed by atoms with Crippen molar-refractivity contribution in [2.75, 3.05) is 0 Å². The first-order chi connectivity index (χ1) is 20.1. The molecular formula is C38H86F6. The van der Waals surface area contributed by atoms with E-state index >= 15 is 0 Å². The van der Waals surface area contributed by atoms with Gasteiger partial charge in [-0.3, -0.25) is 0 Å². The Kier molecular flexibility index (Phi) is 73.9. The lowest BCUT2D eigenvalue weighted by molar-refractivity contribution is -0.170. The van der Waals surface area contributed by atoms with Gasteiger partial charge in [0, 0.05) is 6.42 Å². The summed E-state index contributed by atoms with van der Waals surface area (Å²) < 4.78 is 67.5. The van der Waals surface area contributed by atoms with Crippen LogP contribution in [0.5, 0.6) is 0 Å². The van der Waals surface area contributed by atoms with Crippen LogP contribution in [0.4, 0.5) is 26.3 Å². The van der Waals surface area contributed by atoms with Gasteiger partial charge in [0.1, 0.15) is 0 Å². The van der Waals surface area contributed by atoms with Crippen LogP contribution in [-0.4, -0.2) is 12.4 Å². The van der Waals surface area contributed by atoms with Crippen molar-refractivity contribution in [2.24, 2.45) is 23.7 Å². The van der Waals surface area contributed by atoms with Crippen LogP contribution < -0.4 is 0 Å². The van der Waals surface area contributed by atoms with E-state index in [1.807, 2.05) is 0 Å². The third-order valence-electron chi connectivity index (χ3n) is 5.99. The van der Waals surface area contributed by atoms with E-state index in [4.69, 9.17) is 0 Å². The van der Waals surface area contributed by atoms with Crippen LogP contribution in [0.1, 0.15) is 215 Å². The predicted molar refractivity (Wildman–Crippen MR) is 193 cm³/mol. The first-order valence-electron chi connectivity index (χ1n) is 18.3. The number of rotatable bonds is 10. The molecule has 6 heteroatoms. The molecule has 1 atom stereocenters. The Morgan fingerprint density at radius 1 is 0.432 bits per heavy atom. The van der Waals surface area contributed by atoms with Gasteiger partial charge in [0.25, 0.3) is 0 Å². The molecule has 0 N–H and O–H groups in total. The fourth-order valence-electron chi connectivity index (χ4n) is 1.73. The standard InChI is InChI=1S/2C6H14.C5H9F3.2C5H12.C4H7F3.C4H10.C3H8/c1-4-5-6(2)3;1-4-6(3)5-2;1-3-4(2)5(6,7)8;1-4-5(2)3;1-3-5-4-2;1-2-3-4(5,6)7;1-3-4-2;1-3-2/h2*6H,4-5H2,1-3H3;4H,3H2,1-2H3;5H,4H2,1-3H3;3-5H2,1-2H3;2-3H2,1H3;3-4H2,1-2H3;3H2,1-2H3. The van der Waals surface area contributed by atoms with Crippen molar-refractivity contribution < 1.29 is 26.3 Å². The van der Waals surface area contributed by atoms with E-state index in [0.29, 0.717) is 0 Å². The Morgan fingerprint density at radius 2 is 0.773 bits per heavy atom. The van der Waals surface area contributed by atoms with Gasteiger partial charge in [-0.15, -0.1) is 0 Å². The molecule has 0 fully saturated rings. The summed E-state index contributed by atoms with van der Waals surface area (Å²) in [6.07, 6.45) is 6.39. The van der Waals surface area contributed by atoms with E-state index in [1.165, 1.54) is 91.4 Å². The molecule has 44 heavy (non-hydrogen) atoms. The van der Waals surface area contributed by atoms with Crippen molar-refractivity contribution in [3.63, 3.8) is 0 Å². The van der Waals surface area contributed by atoms with Crippen molar-refractivity contribution in [1.82, 2.24) is 0 Å². The molecule has 0 aliphatic rings. The number of halogens is 6. The molecule has 0 aromatic heterocycles. The second-order valence-corrected chi connectivity index (χ2v) is 12.2. The smallest absolute Gasteiger partial charge is 0.171 e. The first kappa shape index (κ1) is 62.4. The summed E-state index contributed by atoms with van der Waals surface area (Å²) in [5.41, 5.74) is 0. The maximum atomic E-state index is 11.4. The van der Waals surface area contributed by atoms with E-state index in [0.717, 1.165) is 17.8 Å². The van der Waals surface area contributed by atoms with Gasteiger partial charge in [0.15, 0.2) is 0 Å². The Balaban J connectivity index is -0.0000000569. The Hall–Kier alpha value is -0.420. The molecule has 280 valence electrons. The van der Waals surface area contributed by atoms with Gasteiger partial charge < -0.3 is 0 Å². The average Bonchev–Trinajstić information content (AvgIpc) is 2.93. The molecule has 0 aliphatic carbocycles. The minimum absolute atomic E-state index is 0.170. The largest absolute Gasteiger partial charge is 0.391 e. The third-order valence-corrected chi connectivity index (χ3v) is 5.99. The normalized spacial score (nSPS) is 10.7. The zero-order valence-electron chi connectivity index (χ0n) is 33.5. The molecule has 0 aliphatic heterocycles. The number of unbranched alkanes of at least 4 members (excludes halogenated alkanes) is 3. The summed E-state index contributed by atoms with van der Waals surface area (Å²) in [5, 5.41) is 0. The molecule has 0 amide bonds. The van der Waals surface area contributed by atoms with Crippen molar-refractivity contribution in [1.29, 1.82) is 0 Å². The second-order valence-electron chi connectivity index (χ2n) is 12.2. The molecule has 0 nitrogen and oxygen atoms in total. The van der Waals surface area contributed by atoms with Gasteiger partial charge in [-0.25, -0.2) is 0 Å². The lowest BCUT2D eigenvalue weighted by Gasteiger charge is -2.11. The van der Waals surface area contributed by atoms with E-state index < -0.39 is 24.7 Å². The molecule has 0 aromatic carbocycles. The molecule has 0 radical (unpaired) electrons. The van der Waals surface area contributed by atoms with Gasteiger partial charge in [-0.2, -0.15) is 26.3 Å². The average molecular weight is 657 g/mol. The second kappa shape index (κ2) is 52.1. The van der Waals surface area contributed by atoms with Gasteiger partial charge in [0.05, 0.1) is 5.92 Å². The highest BCUT2D eigenvalue weighted by atomic mass is 19.4. The van der Waals surface area contributed by atoms with Crippen LogP contribution in [0.2, 0.25) is 0 Å². The van der Waals surface area contributed by atoms with Crippen LogP contribution in [0.15, 0.2) is 0 Å². The zero-order chi connectivity index (χ0) is 37.2. The van der Waals surface area contributed by atoms with E-state index in [-0.39, 0.29) is 12.8 Å². The van der Waals surface area contributed by atoms with Gasteiger partial charge in [0.2, 0.25) is 0 Å². The quantitative estimate of drug-likeness (QED) is 0.205. The fourth-order valence-corrected chi connectivity index (χ4v) is 1.73. The minimum atomic E-state index is -3.99. The minimum Gasteiger partial charge on any atom is -0.171 e. The van der Waals surface area contributed by atoms with Gasteiger partial charge >= 0.3 is 12.4 Å². The Bertz CT molecular complexity index is 393. The highest BCUT2D eigenvalue weighted by Crippen LogP contribution is 2.27. The molecule has 0 saturated heterocycles. The number of hydrogen-bond donors (Lipinski definition) is 0. The van der Waals surface area contributed by atoms with Crippen LogP contribution in [0, 0.1) is 23.7 Å². The topological polar surface area (TPSA) is 0 Å². The Morgan fingerprint density at radius 3 is 0.773 bits per heavy atom. The zero-order valence-corrected chi connectivity index (χ0v) is 33.5. The van der Waals surface area contributed by atoms with Crippen molar-refractivity contribution in [3.8, 4) is 0 Å². The predicted octanol–water partition coefficient (Wildman–Crippen LogP) is 17.3. The van der Waals surface area contributed by atoms with Crippen LogP contribution in [-0.2, 0) is 0 Å². The van der Waals surface area contributed by atoms with Gasteiger partial charge in [-0.05, 0) is 30.6 Å². The summed E-state index contributed by atoms with van der Waals surface area (Å²) in [6, 6.07) is 0. The van der Waals surface area contributed by atoms with E-state index in [2.05, 4.69) is 104 Å². The molecule has 0 heterocycles. The van der Waals surface area contributed by atoms with Crippen LogP contribution in [0.3, 0.4) is 0 Å². The van der Waals surface area contributed by atoms with Crippen LogP contribution >= 0.6 is 0 Å². The van der Waals surface area contributed by atoms with Crippen molar-refractivity contribution in [2.45, 2.75) is 227 Å². The maximum absolute atomic E-state index is 11.4. The van der Waals surface area contributed by atoms with E-state index in [9.17, 15) is 26.3 Å². The summed E-state index contributed by atoms with van der Waals surface area (Å²) in [5.74, 6) is 1.57. The summed E-state index contributed by atoms with van der Waals surface area (Å²) in [4.78, 5) is 0. The Labute approximate surface area is 276 Å². The monoisotopic (exact) mass is 657 g/mol. The maximum Gasteiger partial charge on any atom is 0.391 e. The summed E-state index contributed by atoms with van der Waals surface area (Å²) >= 11 is 0. The molecular weight excluding hydrogens is 570 g/mol. The lowest BCUT2D eigenvalue weighted by Crippen LogP contribution is -2.18. The van der Waals surface area contributed by atoms with Crippen molar-refractivity contribution in [3.05, 3.63) is 0 Å². The SMILES string of the molecule is CCC.CCC(C)C.CCC(C)C(F)(F)F.CCC(C)CC.CCCC.CCCC(C)C.CCCC(F)(F)F.CCCCC. The fraction of sp³-hybridized carbons (Fsp3) is 1.00. The molecule has 0 aromatic rings. The molecule has 0 bridgehead atoms. The third kappa shape index (κ3) is 123. The highest BCUT2D eigenvalue weighted by Gasteiger charge is 2.33. The number of alkyl halides is 6. The molecule has 0 rings (SSSR count).